The molecule has 5 nitrogen and oxygen atoms in total. The monoisotopic (exact) mass is 473 g/mol. The summed E-state index contributed by atoms with van der Waals surface area (Å²) in [7, 11) is 1.70. The molecule has 7 heteroatoms. The number of nitrogens with zero attached hydrogens (tertiary/aromatic N) is 1. The third kappa shape index (κ3) is 8.67. The first-order valence-electron chi connectivity index (χ1n) is 6.78. The lowest BCUT2D eigenvalue weighted by atomic mass is 10.1. The summed E-state index contributed by atoms with van der Waals surface area (Å²) >= 11 is 3.30. The Morgan fingerprint density at radius 2 is 2.10 bits per heavy atom. The molecule has 0 atom stereocenters. The Kier molecular flexibility index (Phi) is 10.3. The number of hydrogen-bond donors (Lipinski definition) is 2. The lowest BCUT2D eigenvalue weighted by molar-refractivity contribution is 0.0310. The van der Waals surface area contributed by atoms with Gasteiger partial charge in [-0.05, 0) is 48.8 Å². The average Bonchev–Trinajstić information content (AvgIpc) is 2.82. The number of hydrogen-bond acceptors (Lipinski definition) is 3. The van der Waals surface area contributed by atoms with Crippen molar-refractivity contribution in [2.24, 2.45) is 4.99 Å². The van der Waals surface area contributed by atoms with Crippen LogP contribution in [-0.4, -0.2) is 38.3 Å². The Hall–Kier alpha value is -0.280. The maximum atomic E-state index is 5.45. The molecule has 0 saturated carbocycles. The predicted molar refractivity (Wildman–Crippen MR) is 101 cm³/mol. The number of ether oxygens (including phenoxy) is 1. The number of furan rings is 1. The van der Waals surface area contributed by atoms with Crippen molar-refractivity contribution in [1.29, 1.82) is 0 Å². The van der Waals surface area contributed by atoms with Crippen LogP contribution in [0.4, 0.5) is 0 Å². The van der Waals surface area contributed by atoms with Crippen LogP contribution in [-0.2, 0) is 11.2 Å². The lowest BCUT2D eigenvalue weighted by Gasteiger charge is -2.21. The van der Waals surface area contributed by atoms with Gasteiger partial charge in [0.15, 0.2) is 10.6 Å². The molecule has 0 radical (unpaired) electrons. The van der Waals surface area contributed by atoms with Gasteiger partial charge in [0.2, 0.25) is 0 Å². The number of rotatable bonds is 7. The topological polar surface area (TPSA) is 58.8 Å². The Balaban J connectivity index is 0.00000400. The van der Waals surface area contributed by atoms with E-state index in [4.69, 9.17) is 9.15 Å². The van der Waals surface area contributed by atoms with Gasteiger partial charge in [0.25, 0.3) is 0 Å². The second kappa shape index (κ2) is 10.4. The zero-order chi connectivity index (χ0) is 15.0. The zero-order valence-corrected chi connectivity index (χ0v) is 16.9. The quantitative estimate of drug-likeness (QED) is 0.362. The van der Waals surface area contributed by atoms with E-state index < -0.39 is 0 Å². The van der Waals surface area contributed by atoms with Crippen molar-refractivity contribution in [2.45, 2.75) is 32.8 Å². The van der Waals surface area contributed by atoms with E-state index in [9.17, 15) is 0 Å². The predicted octanol–water partition coefficient (Wildman–Crippen LogP) is 3.18. The van der Waals surface area contributed by atoms with Gasteiger partial charge < -0.3 is 19.8 Å². The lowest BCUT2D eigenvalue weighted by Crippen LogP contribution is -2.40. The third-order valence-corrected chi connectivity index (χ3v) is 3.23. The number of methoxy groups -OCH3 is 1. The molecule has 122 valence electrons. The highest BCUT2D eigenvalue weighted by Gasteiger charge is 2.15. The summed E-state index contributed by atoms with van der Waals surface area (Å²) in [4.78, 5) is 4.52. The molecular weight excluding hydrogens is 449 g/mol. The average molecular weight is 474 g/mol. The van der Waals surface area contributed by atoms with E-state index in [1.165, 1.54) is 0 Å². The van der Waals surface area contributed by atoms with E-state index in [2.05, 4.69) is 31.6 Å². The molecular formula is C14H25BrIN3O2. The molecule has 0 aliphatic heterocycles. The summed E-state index contributed by atoms with van der Waals surface area (Å²) < 4.78 is 11.6. The summed E-state index contributed by atoms with van der Waals surface area (Å²) in [5, 5.41) is 6.50. The fourth-order valence-corrected chi connectivity index (χ4v) is 1.81. The van der Waals surface area contributed by atoms with Crippen LogP contribution in [0.1, 0.15) is 26.5 Å². The van der Waals surface area contributed by atoms with Crippen LogP contribution < -0.4 is 10.6 Å². The molecule has 1 heterocycles. The molecule has 0 unspecified atom stereocenters. The molecule has 2 N–H and O–H groups in total. The Morgan fingerprint density at radius 3 is 2.62 bits per heavy atom. The van der Waals surface area contributed by atoms with Crippen molar-refractivity contribution in [1.82, 2.24) is 10.6 Å². The number of halogens is 2. The van der Waals surface area contributed by atoms with Crippen LogP contribution in [0.25, 0.3) is 0 Å². The largest absolute Gasteiger partial charge is 0.454 e. The van der Waals surface area contributed by atoms with E-state index >= 15 is 0 Å². The van der Waals surface area contributed by atoms with Crippen LogP contribution in [0.2, 0.25) is 0 Å². The summed E-state index contributed by atoms with van der Waals surface area (Å²) in [6.07, 6.45) is 0.809. The van der Waals surface area contributed by atoms with Crippen molar-refractivity contribution in [3.8, 4) is 0 Å². The highest BCUT2D eigenvalue weighted by molar-refractivity contribution is 14.0. The van der Waals surface area contributed by atoms with E-state index in [0.717, 1.165) is 35.9 Å². The van der Waals surface area contributed by atoms with Gasteiger partial charge in [-0.25, -0.2) is 0 Å². The van der Waals surface area contributed by atoms with E-state index in [1.54, 1.807) is 7.11 Å². The second-order valence-electron chi connectivity index (χ2n) is 5.04. The summed E-state index contributed by atoms with van der Waals surface area (Å²) in [5.41, 5.74) is -0.256. The highest BCUT2D eigenvalue weighted by Crippen LogP contribution is 2.13. The molecule has 1 aromatic rings. The second-order valence-corrected chi connectivity index (χ2v) is 5.82. The molecule has 0 amide bonds. The minimum atomic E-state index is -0.256. The van der Waals surface area contributed by atoms with E-state index in [1.807, 2.05) is 32.9 Å². The minimum Gasteiger partial charge on any atom is -0.454 e. The highest BCUT2D eigenvalue weighted by atomic mass is 127. The van der Waals surface area contributed by atoms with Gasteiger partial charge in [-0.3, -0.25) is 4.99 Å². The molecule has 0 aromatic carbocycles. The molecule has 0 bridgehead atoms. The van der Waals surface area contributed by atoms with Gasteiger partial charge >= 0.3 is 0 Å². The van der Waals surface area contributed by atoms with Crippen molar-refractivity contribution >= 4 is 45.9 Å². The van der Waals surface area contributed by atoms with Gasteiger partial charge in [-0.15, -0.1) is 24.0 Å². The van der Waals surface area contributed by atoms with Crippen molar-refractivity contribution in [3.05, 3.63) is 22.6 Å². The summed E-state index contributed by atoms with van der Waals surface area (Å²) in [6.45, 7) is 8.26. The molecule has 21 heavy (non-hydrogen) atoms. The third-order valence-electron chi connectivity index (χ3n) is 2.81. The number of nitrogens with one attached hydrogen (secondary N) is 2. The molecule has 1 aromatic heterocycles. The van der Waals surface area contributed by atoms with Gasteiger partial charge in [-0.2, -0.15) is 0 Å². The fraction of sp³-hybridized carbons (Fsp3) is 0.643. The first-order chi connectivity index (χ1) is 9.46. The van der Waals surface area contributed by atoms with Gasteiger partial charge in [0.05, 0.1) is 12.1 Å². The van der Waals surface area contributed by atoms with Crippen molar-refractivity contribution < 1.29 is 9.15 Å². The van der Waals surface area contributed by atoms with E-state index in [-0.39, 0.29) is 29.6 Å². The van der Waals surface area contributed by atoms with Crippen molar-refractivity contribution in [2.75, 3.05) is 26.7 Å². The number of aliphatic imine (C=N–C) groups is 1. The van der Waals surface area contributed by atoms with Crippen LogP contribution in [0, 0.1) is 0 Å². The van der Waals surface area contributed by atoms with Crippen LogP contribution in [0.3, 0.4) is 0 Å². The SMILES string of the molecule is CCNC(=NCC(C)(C)OC)NCCc1ccc(Br)o1.I. The Labute approximate surface area is 152 Å². The first kappa shape index (κ1) is 20.7. The zero-order valence-electron chi connectivity index (χ0n) is 13.0. The standard InChI is InChI=1S/C14H24BrN3O2.HI/c1-5-16-13(18-10-14(2,3)19-4)17-9-8-11-6-7-12(15)20-11;/h6-7H,5,8-10H2,1-4H3,(H2,16,17,18);1H. The Morgan fingerprint density at radius 1 is 1.38 bits per heavy atom. The van der Waals surface area contributed by atoms with Gasteiger partial charge in [0, 0.05) is 26.6 Å². The van der Waals surface area contributed by atoms with Crippen molar-refractivity contribution in [3.63, 3.8) is 0 Å². The maximum Gasteiger partial charge on any atom is 0.191 e. The first-order valence-corrected chi connectivity index (χ1v) is 7.57. The van der Waals surface area contributed by atoms with Gasteiger partial charge in [-0.1, -0.05) is 0 Å². The summed E-state index contributed by atoms with van der Waals surface area (Å²) in [6, 6.07) is 3.86. The summed E-state index contributed by atoms with van der Waals surface area (Å²) in [5.74, 6) is 1.74. The molecule has 0 saturated heterocycles. The maximum absolute atomic E-state index is 5.45. The van der Waals surface area contributed by atoms with Gasteiger partial charge in [0.1, 0.15) is 5.76 Å². The van der Waals surface area contributed by atoms with E-state index in [0.29, 0.717) is 6.54 Å². The molecule has 0 spiro atoms. The Bertz CT molecular complexity index is 436. The number of guanidine groups is 1. The van der Waals surface area contributed by atoms with Crippen LogP contribution in [0.15, 0.2) is 26.2 Å². The molecule has 0 fully saturated rings. The molecule has 0 aliphatic rings. The fourth-order valence-electron chi connectivity index (χ4n) is 1.47. The van der Waals surface area contributed by atoms with Crippen LogP contribution >= 0.6 is 39.9 Å². The van der Waals surface area contributed by atoms with Crippen LogP contribution in [0.5, 0.6) is 0 Å². The smallest absolute Gasteiger partial charge is 0.191 e. The molecule has 0 aliphatic carbocycles. The normalized spacial score (nSPS) is 12.0. The minimum absolute atomic E-state index is 0. The molecule has 1 rings (SSSR count).